The number of benzene rings is 3. The maximum absolute atomic E-state index is 14.0. The molecule has 1 aliphatic heterocycles. The smallest absolute Gasteiger partial charge is 0.295 e. The van der Waals surface area contributed by atoms with Crippen LogP contribution in [-0.4, -0.2) is 26.2 Å². The number of carbonyl (C=O) groups is 1. The zero-order chi connectivity index (χ0) is 27.7. The van der Waals surface area contributed by atoms with Crippen molar-refractivity contribution in [2.24, 2.45) is 0 Å². The van der Waals surface area contributed by atoms with Crippen molar-refractivity contribution in [3.8, 4) is 17.2 Å². The molecule has 0 radical (unpaired) electrons. The van der Waals surface area contributed by atoms with Crippen molar-refractivity contribution in [1.29, 1.82) is 0 Å². The number of hydrogen-bond acceptors (Lipinski definition) is 6. The highest BCUT2D eigenvalue weighted by molar-refractivity contribution is 6.10. The Hall–Kier alpha value is -4.26. The lowest BCUT2D eigenvalue weighted by molar-refractivity contribution is 0.0971. The van der Waals surface area contributed by atoms with Crippen molar-refractivity contribution in [2.75, 3.05) is 25.2 Å². The van der Waals surface area contributed by atoms with E-state index >= 15 is 0 Å². The van der Waals surface area contributed by atoms with Gasteiger partial charge in [-0.1, -0.05) is 25.5 Å². The maximum atomic E-state index is 14.0. The van der Waals surface area contributed by atoms with E-state index < -0.39 is 6.04 Å². The molecule has 202 valence electrons. The van der Waals surface area contributed by atoms with Crippen molar-refractivity contribution in [3.63, 3.8) is 0 Å². The second kappa shape index (κ2) is 10.8. The minimum Gasteiger partial charge on any atom is -0.497 e. The Morgan fingerprint density at radius 3 is 2.46 bits per heavy atom. The van der Waals surface area contributed by atoms with Gasteiger partial charge in [-0.15, -0.1) is 0 Å². The predicted octanol–water partition coefficient (Wildman–Crippen LogP) is 6.75. The molecule has 0 spiro atoms. The van der Waals surface area contributed by atoms with Crippen LogP contribution in [-0.2, 0) is 0 Å². The van der Waals surface area contributed by atoms with Crippen LogP contribution < -0.4 is 24.5 Å². The Bertz CT molecular complexity index is 1600. The fraction of sp³-hybridized carbons (Fsp3) is 0.312. The largest absolute Gasteiger partial charge is 0.497 e. The number of anilines is 1. The molecule has 0 N–H and O–H groups in total. The van der Waals surface area contributed by atoms with Crippen molar-refractivity contribution >= 4 is 22.6 Å². The zero-order valence-electron chi connectivity index (χ0n) is 23.0. The third kappa shape index (κ3) is 4.73. The van der Waals surface area contributed by atoms with Crippen molar-refractivity contribution in [2.45, 2.75) is 46.6 Å². The standard InChI is InChI=1S/C32H33NO6/c1-6-8-14-38-25-13-12-21(17-27(25)37-7-2)29-28-30(34)24-15-19(3)20(4)16-26(24)39-31(28)32(35)33(29)22-10-9-11-23(18-22)36-5/h9-13,15-18,29H,6-8,14H2,1-5H3. The summed E-state index contributed by atoms with van der Waals surface area (Å²) in [6.45, 7) is 8.94. The number of amides is 1. The molecule has 1 unspecified atom stereocenters. The number of aryl methyl sites for hydroxylation is 2. The Kier molecular flexibility index (Phi) is 7.33. The van der Waals surface area contributed by atoms with E-state index in [1.54, 1.807) is 18.1 Å². The normalized spacial score (nSPS) is 14.5. The highest BCUT2D eigenvalue weighted by Crippen LogP contribution is 2.44. The number of methoxy groups -OCH3 is 1. The first-order chi connectivity index (χ1) is 18.9. The predicted molar refractivity (Wildman–Crippen MR) is 152 cm³/mol. The molecule has 0 saturated carbocycles. The lowest BCUT2D eigenvalue weighted by atomic mass is 9.97. The molecule has 1 amide bonds. The van der Waals surface area contributed by atoms with Crippen LogP contribution in [0.15, 0.2) is 63.8 Å². The fourth-order valence-electron chi connectivity index (χ4n) is 4.98. The summed E-state index contributed by atoms with van der Waals surface area (Å²) in [7, 11) is 1.57. The maximum Gasteiger partial charge on any atom is 0.295 e. The summed E-state index contributed by atoms with van der Waals surface area (Å²) in [5.41, 5.74) is 3.75. The number of rotatable bonds is 9. The van der Waals surface area contributed by atoms with E-state index in [2.05, 4.69) is 6.92 Å². The number of hydrogen-bond donors (Lipinski definition) is 0. The molecule has 5 rings (SSSR count). The van der Waals surface area contributed by atoms with Crippen molar-refractivity contribution < 1.29 is 23.4 Å². The number of nitrogens with zero attached hydrogens (tertiary/aromatic N) is 1. The minimum absolute atomic E-state index is 0.0461. The Balaban J connectivity index is 1.74. The molecular formula is C32H33NO6. The van der Waals surface area contributed by atoms with Gasteiger partial charge in [0.05, 0.1) is 37.3 Å². The molecule has 7 nitrogen and oxygen atoms in total. The molecule has 2 heterocycles. The van der Waals surface area contributed by atoms with E-state index in [0.29, 0.717) is 58.2 Å². The van der Waals surface area contributed by atoms with Gasteiger partial charge in [0.2, 0.25) is 5.76 Å². The van der Waals surface area contributed by atoms with Gasteiger partial charge in [0.25, 0.3) is 5.91 Å². The van der Waals surface area contributed by atoms with Gasteiger partial charge >= 0.3 is 0 Å². The summed E-state index contributed by atoms with van der Waals surface area (Å²) in [4.78, 5) is 29.6. The van der Waals surface area contributed by atoms with Crippen LogP contribution >= 0.6 is 0 Å². The summed E-state index contributed by atoms with van der Waals surface area (Å²) in [5.74, 6) is 1.45. The van der Waals surface area contributed by atoms with Gasteiger partial charge in [-0.05, 0) is 80.3 Å². The lowest BCUT2D eigenvalue weighted by Gasteiger charge is -2.26. The number of unbranched alkanes of at least 4 members (excludes halogenated alkanes) is 1. The molecule has 1 aromatic heterocycles. The molecule has 1 aliphatic rings. The van der Waals surface area contributed by atoms with Crippen LogP contribution in [0.4, 0.5) is 5.69 Å². The molecule has 39 heavy (non-hydrogen) atoms. The highest BCUT2D eigenvalue weighted by Gasteiger charge is 2.44. The summed E-state index contributed by atoms with van der Waals surface area (Å²) in [5, 5.41) is 0.451. The fourth-order valence-corrected chi connectivity index (χ4v) is 4.98. The topological polar surface area (TPSA) is 78.2 Å². The summed E-state index contributed by atoms with van der Waals surface area (Å²) in [6.07, 6.45) is 1.94. The van der Waals surface area contributed by atoms with Gasteiger partial charge in [-0.25, -0.2) is 0 Å². The van der Waals surface area contributed by atoms with Crippen LogP contribution in [0.3, 0.4) is 0 Å². The van der Waals surface area contributed by atoms with E-state index in [4.69, 9.17) is 18.6 Å². The molecule has 4 aromatic rings. The minimum atomic E-state index is -0.731. The quantitative estimate of drug-likeness (QED) is 0.224. The molecule has 1 atom stereocenters. The van der Waals surface area contributed by atoms with Gasteiger partial charge in [0.15, 0.2) is 16.9 Å². The number of carbonyl (C=O) groups excluding carboxylic acids is 1. The van der Waals surface area contributed by atoms with E-state index in [0.717, 1.165) is 24.0 Å². The third-order valence-corrected chi connectivity index (χ3v) is 7.16. The molecular weight excluding hydrogens is 494 g/mol. The first kappa shape index (κ1) is 26.4. The van der Waals surface area contributed by atoms with Gasteiger partial charge in [0.1, 0.15) is 11.3 Å². The van der Waals surface area contributed by atoms with Crippen LogP contribution in [0.1, 0.15) is 65.5 Å². The zero-order valence-corrected chi connectivity index (χ0v) is 23.0. The van der Waals surface area contributed by atoms with Crippen molar-refractivity contribution in [1.82, 2.24) is 0 Å². The Morgan fingerprint density at radius 2 is 1.72 bits per heavy atom. The average molecular weight is 528 g/mol. The van der Waals surface area contributed by atoms with Crippen LogP contribution in [0.5, 0.6) is 17.2 Å². The molecule has 0 aliphatic carbocycles. The summed E-state index contributed by atoms with van der Waals surface area (Å²) < 4.78 is 23.5. The summed E-state index contributed by atoms with van der Waals surface area (Å²) >= 11 is 0. The SMILES string of the molecule is CCCCOc1ccc(C2c3c(oc4cc(C)c(C)cc4c3=O)C(=O)N2c2cccc(OC)c2)cc1OCC. The molecule has 0 fully saturated rings. The average Bonchev–Trinajstić information content (AvgIpc) is 3.23. The highest BCUT2D eigenvalue weighted by atomic mass is 16.5. The second-order valence-electron chi connectivity index (χ2n) is 9.73. The monoisotopic (exact) mass is 527 g/mol. The Labute approximate surface area is 227 Å². The van der Waals surface area contributed by atoms with Gasteiger partial charge in [0, 0.05) is 11.8 Å². The Morgan fingerprint density at radius 1 is 0.923 bits per heavy atom. The summed E-state index contributed by atoms with van der Waals surface area (Å²) in [6, 6.07) is 15.7. The molecule has 0 bridgehead atoms. The molecule has 0 saturated heterocycles. The second-order valence-corrected chi connectivity index (χ2v) is 9.73. The van der Waals surface area contributed by atoms with E-state index in [1.165, 1.54) is 0 Å². The first-order valence-corrected chi connectivity index (χ1v) is 13.3. The molecule has 7 heteroatoms. The van der Waals surface area contributed by atoms with E-state index in [1.807, 2.05) is 69.3 Å². The van der Waals surface area contributed by atoms with Gasteiger partial charge < -0.3 is 18.6 Å². The third-order valence-electron chi connectivity index (χ3n) is 7.16. The number of fused-ring (bicyclic) bond motifs is 2. The lowest BCUT2D eigenvalue weighted by Crippen LogP contribution is -2.29. The van der Waals surface area contributed by atoms with Crippen LogP contribution in [0.25, 0.3) is 11.0 Å². The van der Waals surface area contributed by atoms with Gasteiger partial charge in [-0.2, -0.15) is 0 Å². The first-order valence-electron chi connectivity index (χ1n) is 13.3. The van der Waals surface area contributed by atoms with Crippen LogP contribution in [0.2, 0.25) is 0 Å². The van der Waals surface area contributed by atoms with Crippen molar-refractivity contribution in [3.05, 3.63) is 92.8 Å². The van der Waals surface area contributed by atoms with E-state index in [9.17, 15) is 9.59 Å². The molecule has 3 aromatic carbocycles. The van der Waals surface area contributed by atoms with E-state index in [-0.39, 0.29) is 17.1 Å². The van der Waals surface area contributed by atoms with Gasteiger partial charge in [-0.3, -0.25) is 14.5 Å². The number of ether oxygens (including phenoxy) is 3. The van der Waals surface area contributed by atoms with Crippen LogP contribution in [0, 0.1) is 13.8 Å².